The molecule has 2 aromatic carbocycles. The SMILES string of the molecule is Cc1cc(-c2cc(F)c3c(c2)N=CN(C2CCNCC2)C3)cc2cn(C)nc12. The van der Waals surface area contributed by atoms with Crippen LogP contribution in [0, 0.1) is 12.7 Å². The number of hydrogen-bond acceptors (Lipinski definition) is 4. The number of aliphatic imine (C=N–C) groups is 1. The van der Waals surface area contributed by atoms with Crippen molar-refractivity contribution in [3.63, 3.8) is 0 Å². The van der Waals surface area contributed by atoms with Crippen molar-refractivity contribution in [2.24, 2.45) is 12.0 Å². The predicted octanol–water partition coefficient (Wildman–Crippen LogP) is 3.92. The van der Waals surface area contributed by atoms with Crippen LogP contribution in [0.4, 0.5) is 10.1 Å². The number of hydrogen-bond donors (Lipinski definition) is 1. The van der Waals surface area contributed by atoms with Crippen LogP contribution in [-0.4, -0.2) is 40.2 Å². The van der Waals surface area contributed by atoms with Gasteiger partial charge in [0, 0.05) is 36.8 Å². The monoisotopic (exact) mass is 377 g/mol. The summed E-state index contributed by atoms with van der Waals surface area (Å²) in [5.41, 5.74) is 5.37. The second kappa shape index (κ2) is 6.71. The first-order chi connectivity index (χ1) is 13.6. The van der Waals surface area contributed by atoms with E-state index in [4.69, 9.17) is 0 Å². The molecule has 5 rings (SSSR count). The van der Waals surface area contributed by atoms with Gasteiger partial charge in [-0.1, -0.05) is 0 Å². The van der Waals surface area contributed by atoms with Gasteiger partial charge >= 0.3 is 0 Å². The van der Waals surface area contributed by atoms with Crippen molar-refractivity contribution in [2.75, 3.05) is 13.1 Å². The third kappa shape index (κ3) is 2.98. The molecular weight excluding hydrogens is 353 g/mol. The highest BCUT2D eigenvalue weighted by molar-refractivity contribution is 5.87. The highest BCUT2D eigenvalue weighted by Gasteiger charge is 2.24. The molecule has 28 heavy (non-hydrogen) atoms. The third-order valence-corrected chi connectivity index (χ3v) is 5.88. The second-order valence-electron chi connectivity index (χ2n) is 7.89. The van der Waals surface area contributed by atoms with E-state index in [1.165, 1.54) is 0 Å². The summed E-state index contributed by atoms with van der Waals surface area (Å²) in [6.45, 7) is 4.66. The Hall–Kier alpha value is -2.73. The highest BCUT2D eigenvalue weighted by atomic mass is 19.1. The van der Waals surface area contributed by atoms with Crippen molar-refractivity contribution in [3.05, 3.63) is 47.4 Å². The fourth-order valence-electron chi connectivity index (χ4n) is 4.38. The van der Waals surface area contributed by atoms with Gasteiger partial charge in [0.1, 0.15) is 5.82 Å². The van der Waals surface area contributed by atoms with E-state index in [0.717, 1.165) is 59.2 Å². The van der Waals surface area contributed by atoms with E-state index in [-0.39, 0.29) is 5.82 Å². The molecule has 1 aromatic heterocycles. The second-order valence-corrected chi connectivity index (χ2v) is 7.89. The van der Waals surface area contributed by atoms with E-state index < -0.39 is 0 Å². The summed E-state index contributed by atoms with van der Waals surface area (Å²) in [7, 11) is 1.92. The van der Waals surface area contributed by atoms with Crippen LogP contribution in [-0.2, 0) is 13.6 Å². The van der Waals surface area contributed by atoms with E-state index in [0.29, 0.717) is 18.2 Å². The Labute approximate surface area is 163 Å². The number of piperidine rings is 1. The number of aryl methyl sites for hydroxylation is 2. The molecule has 0 radical (unpaired) electrons. The van der Waals surface area contributed by atoms with Crippen LogP contribution >= 0.6 is 0 Å². The number of aromatic nitrogens is 2. The standard InChI is InChI=1S/C22H24FN5/c1-14-7-15(8-17-11-27(2)26-22(14)17)16-9-20(23)19-12-28(13-25-21(19)10-16)18-3-5-24-6-4-18/h7-11,13,18,24H,3-6,12H2,1-2H3. The summed E-state index contributed by atoms with van der Waals surface area (Å²) in [4.78, 5) is 6.80. The maximum atomic E-state index is 15.0. The van der Waals surface area contributed by atoms with Gasteiger partial charge in [-0.05, 0) is 73.8 Å². The van der Waals surface area contributed by atoms with Crippen molar-refractivity contribution in [2.45, 2.75) is 32.4 Å². The Morgan fingerprint density at radius 1 is 1.11 bits per heavy atom. The van der Waals surface area contributed by atoms with E-state index in [1.54, 1.807) is 6.07 Å². The fourth-order valence-corrected chi connectivity index (χ4v) is 4.38. The van der Waals surface area contributed by atoms with E-state index in [1.807, 2.05) is 37.3 Å². The van der Waals surface area contributed by atoms with Gasteiger partial charge < -0.3 is 10.2 Å². The van der Waals surface area contributed by atoms with Gasteiger partial charge in [0.15, 0.2) is 0 Å². The number of nitrogens with one attached hydrogen (secondary N) is 1. The smallest absolute Gasteiger partial charge is 0.130 e. The molecule has 0 bridgehead atoms. The van der Waals surface area contributed by atoms with Gasteiger partial charge in [-0.25, -0.2) is 9.38 Å². The van der Waals surface area contributed by atoms with Crippen LogP contribution in [0.25, 0.3) is 22.0 Å². The van der Waals surface area contributed by atoms with Crippen molar-refractivity contribution >= 4 is 22.9 Å². The van der Waals surface area contributed by atoms with E-state index in [2.05, 4.69) is 32.4 Å². The minimum atomic E-state index is -0.174. The van der Waals surface area contributed by atoms with Gasteiger partial charge in [-0.3, -0.25) is 4.68 Å². The quantitative estimate of drug-likeness (QED) is 0.736. The zero-order valence-corrected chi connectivity index (χ0v) is 16.2. The lowest BCUT2D eigenvalue weighted by Gasteiger charge is -2.35. The summed E-state index contributed by atoms with van der Waals surface area (Å²) in [5.74, 6) is -0.174. The molecule has 0 saturated carbocycles. The average molecular weight is 377 g/mol. The van der Waals surface area contributed by atoms with E-state index >= 15 is 4.39 Å². The zero-order valence-electron chi connectivity index (χ0n) is 16.2. The predicted molar refractivity (Wildman–Crippen MR) is 110 cm³/mol. The van der Waals surface area contributed by atoms with Crippen LogP contribution in [0.1, 0.15) is 24.0 Å². The molecule has 0 atom stereocenters. The van der Waals surface area contributed by atoms with Crippen LogP contribution < -0.4 is 5.32 Å². The minimum Gasteiger partial charge on any atom is -0.355 e. The first-order valence-corrected chi connectivity index (χ1v) is 9.86. The lowest BCUT2D eigenvalue weighted by Crippen LogP contribution is -2.42. The topological polar surface area (TPSA) is 45.5 Å². The minimum absolute atomic E-state index is 0.174. The molecular formula is C22H24FN5. The molecule has 5 nitrogen and oxygen atoms in total. The summed E-state index contributed by atoms with van der Waals surface area (Å²) < 4.78 is 16.9. The van der Waals surface area contributed by atoms with Crippen molar-refractivity contribution in [1.82, 2.24) is 20.0 Å². The summed E-state index contributed by atoms with van der Waals surface area (Å²) >= 11 is 0. The van der Waals surface area contributed by atoms with Gasteiger partial charge in [0.2, 0.25) is 0 Å². The summed E-state index contributed by atoms with van der Waals surface area (Å²) in [5, 5.41) is 8.94. The molecule has 1 N–H and O–H groups in total. The van der Waals surface area contributed by atoms with Crippen LogP contribution in [0.15, 0.2) is 35.5 Å². The Bertz CT molecular complexity index is 1080. The van der Waals surface area contributed by atoms with Crippen molar-refractivity contribution in [1.29, 1.82) is 0 Å². The molecule has 6 heteroatoms. The van der Waals surface area contributed by atoms with E-state index in [9.17, 15) is 0 Å². The van der Waals surface area contributed by atoms with Gasteiger partial charge in [0.05, 0.1) is 17.5 Å². The molecule has 1 saturated heterocycles. The molecule has 0 aliphatic carbocycles. The average Bonchev–Trinajstić information content (AvgIpc) is 3.09. The van der Waals surface area contributed by atoms with Crippen LogP contribution in [0.5, 0.6) is 0 Å². The van der Waals surface area contributed by atoms with Crippen LogP contribution in [0.3, 0.4) is 0 Å². The first kappa shape index (κ1) is 17.4. The summed E-state index contributed by atoms with van der Waals surface area (Å²) in [6, 6.07) is 8.24. The first-order valence-electron chi connectivity index (χ1n) is 9.86. The van der Waals surface area contributed by atoms with Gasteiger partial charge in [-0.15, -0.1) is 0 Å². The molecule has 3 aromatic rings. The molecule has 1 fully saturated rings. The van der Waals surface area contributed by atoms with Crippen LogP contribution in [0.2, 0.25) is 0 Å². The maximum Gasteiger partial charge on any atom is 0.130 e. The fraction of sp³-hybridized carbons (Fsp3) is 0.364. The molecule has 2 aliphatic heterocycles. The molecule has 0 amide bonds. The van der Waals surface area contributed by atoms with Crippen molar-refractivity contribution in [3.8, 4) is 11.1 Å². The number of halogens is 1. The maximum absolute atomic E-state index is 15.0. The molecule has 2 aliphatic rings. The van der Waals surface area contributed by atoms with Crippen molar-refractivity contribution < 1.29 is 4.39 Å². The molecule has 3 heterocycles. The number of nitrogens with zero attached hydrogens (tertiary/aromatic N) is 4. The summed E-state index contributed by atoms with van der Waals surface area (Å²) in [6.07, 6.45) is 6.05. The molecule has 0 spiro atoms. The number of rotatable bonds is 2. The molecule has 144 valence electrons. The lowest BCUT2D eigenvalue weighted by atomic mass is 9.97. The lowest BCUT2D eigenvalue weighted by molar-refractivity contribution is 0.248. The number of benzene rings is 2. The Morgan fingerprint density at radius 2 is 1.89 bits per heavy atom. The Balaban J connectivity index is 1.51. The largest absolute Gasteiger partial charge is 0.355 e. The molecule has 0 unspecified atom stereocenters. The van der Waals surface area contributed by atoms with Gasteiger partial charge in [-0.2, -0.15) is 5.10 Å². The Kier molecular flexibility index (Phi) is 4.16. The Morgan fingerprint density at radius 3 is 2.71 bits per heavy atom. The highest BCUT2D eigenvalue weighted by Crippen LogP contribution is 2.35. The third-order valence-electron chi connectivity index (χ3n) is 5.88. The van der Waals surface area contributed by atoms with Gasteiger partial charge in [0.25, 0.3) is 0 Å². The number of fused-ring (bicyclic) bond motifs is 2. The normalized spacial score (nSPS) is 17.3. The zero-order chi connectivity index (χ0) is 19.3.